The van der Waals surface area contributed by atoms with Gasteiger partial charge in [-0.05, 0) is 59.0 Å². The van der Waals surface area contributed by atoms with Gasteiger partial charge in [0.15, 0.2) is 0 Å². The molecule has 0 amide bonds. The zero-order valence-corrected chi connectivity index (χ0v) is 14.5. The molecule has 0 atom stereocenters. The van der Waals surface area contributed by atoms with E-state index in [-0.39, 0.29) is 5.75 Å². The van der Waals surface area contributed by atoms with Crippen molar-refractivity contribution in [1.29, 1.82) is 0 Å². The molecule has 0 aliphatic rings. The third kappa shape index (κ3) is 4.58. The Morgan fingerprint density at radius 3 is 2.38 bits per heavy atom. The van der Waals surface area contributed by atoms with E-state index in [0.717, 1.165) is 21.2 Å². The van der Waals surface area contributed by atoms with E-state index in [1.165, 1.54) is 0 Å². The van der Waals surface area contributed by atoms with Crippen molar-refractivity contribution in [2.75, 3.05) is 10.5 Å². The van der Waals surface area contributed by atoms with E-state index in [0.29, 0.717) is 12.1 Å². The summed E-state index contributed by atoms with van der Waals surface area (Å²) in [6, 6.07) is 13.5. The van der Waals surface area contributed by atoms with Gasteiger partial charge in [0.25, 0.3) is 0 Å². The molecule has 5 heteroatoms. The maximum absolute atomic E-state index is 12.2. The van der Waals surface area contributed by atoms with E-state index in [9.17, 15) is 8.42 Å². The van der Waals surface area contributed by atoms with E-state index >= 15 is 0 Å². The van der Waals surface area contributed by atoms with Crippen LogP contribution in [-0.4, -0.2) is 14.2 Å². The summed E-state index contributed by atoms with van der Waals surface area (Å²) >= 11 is 3.42. The first-order valence-corrected chi connectivity index (χ1v) is 9.13. The summed E-state index contributed by atoms with van der Waals surface area (Å²) in [5.74, 6) is 0.0662. The fourth-order valence-corrected chi connectivity index (χ4v) is 4.24. The lowest BCUT2D eigenvalue weighted by atomic mass is 10.1. The van der Waals surface area contributed by atoms with Crippen molar-refractivity contribution in [1.82, 2.24) is 0 Å². The Kier molecular flexibility index (Phi) is 5.06. The van der Waals surface area contributed by atoms with Crippen LogP contribution in [-0.2, 0) is 16.4 Å². The van der Waals surface area contributed by atoms with E-state index in [1.54, 1.807) is 0 Å². The summed E-state index contributed by atoms with van der Waals surface area (Å²) in [6.45, 7) is 3.87. The van der Waals surface area contributed by atoms with Crippen LogP contribution >= 0.6 is 15.9 Å². The summed E-state index contributed by atoms with van der Waals surface area (Å²) in [5, 5.41) is 0. The zero-order chi connectivity index (χ0) is 15.5. The number of rotatable bonds is 5. The topological polar surface area (TPSA) is 46.2 Å². The molecule has 0 fully saturated rings. The Morgan fingerprint density at radius 2 is 1.76 bits per heavy atom. The molecule has 0 aliphatic carbocycles. The van der Waals surface area contributed by atoms with Crippen molar-refractivity contribution in [3.05, 3.63) is 63.6 Å². The minimum atomic E-state index is -3.37. The highest BCUT2D eigenvalue weighted by Gasteiger charge is 2.14. The lowest BCUT2D eigenvalue weighted by molar-refractivity contribution is 0.600. The molecule has 2 aromatic rings. The normalized spacial score (nSPS) is 11.4. The standard InChI is InChI=1S/C16H18BrNO2S/c1-12-10-13(2)16(15(17)11-12)18-21(19,20)9-8-14-6-4-3-5-7-14/h3-7,10-11,18H,8-9H2,1-2H3. The molecule has 0 heterocycles. The number of anilines is 1. The molecule has 21 heavy (non-hydrogen) atoms. The highest BCUT2D eigenvalue weighted by Crippen LogP contribution is 2.28. The van der Waals surface area contributed by atoms with E-state index < -0.39 is 10.0 Å². The number of benzene rings is 2. The second kappa shape index (κ2) is 6.62. The summed E-state index contributed by atoms with van der Waals surface area (Å²) in [5.41, 5.74) is 3.63. The average Bonchev–Trinajstić information content (AvgIpc) is 2.42. The molecule has 0 aromatic heterocycles. The first kappa shape index (κ1) is 16.0. The smallest absolute Gasteiger partial charge is 0.233 e. The molecule has 0 bridgehead atoms. The molecule has 2 rings (SSSR count). The molecule has 2 aromatic carbocycles. The van der Waals surface area contributed by atoms with Crippen LogP contribution in [0.3, 0.4) is 0 Å². The van der Waals surface area contributed by atoms with Crippen LogP contribution in [0.1, 0.15) is 16.7 Å². The number of nitrogens with one attached hydrogen (secondary N) is 1. The number of hydrogen-bond donors (Lipinski definition) is 1. The number of aryl methyl sites for hydroxylation is 3. The first-order chi connectivity index (χ1) is 9.87. The minimum absolute atomic E-state index is 0.0662. The van der Waals surface area contributed by atoms with Gasteiger partial charge in [0, 0.05) is 4.47 Å². The largest absolute Gasteiger partial charge is 0.282 e. The minimum Gasteiger partial charge on any atom is -0.282 e. The van der Waals surface area contributed by atoms with Gasteiger partial charge in [-0.3, -0.25) is 4.72 Å². The van der Waals surface area contributed by atoms with Crippen LogP contribution in [0.2, 0.25) is 0 Å². The molecule has 0 saturated heterocycles. The highest BCUT2D eigenvalue weighted by atomic mass is 79.9. The zero-order valence-electron chi connectivity index (χ0n) is 12.1. The highest BCUT2D eigenvalue weighted by molar-refractivity contribution is 9.10. The van der Waals surface area contributed by atoms with Crippen molar-refractivity contribution in [2.45, 2.75) is 20.3 Å². The number of halogens is 1. The van der Waals surface area contributed by atoms with Crippen molar-refractivity contribution in [3.63, 3.8) is 0 Å². The molecule has 0 radical (unpaired) electrons. The second-order valence-corrected chi connectivity index (χ2v) is 7.79. The monoisotopic (exact) mass is 367 g/mol. The lowest BCUT2D eigenvalue weighted by Crippen LogP contribution is -2.19. The average molecular weight is 368 g/mol. The van der Waals surface area contributed by atoms with Crippen LogP contribution in [0.15, 0.2) is 46.9 Å². The van der Waals surface area contributed by atoms with E-state index in [4.69, 9.17) is 0 Å². The summed E-state index contributed by atoms with van der Waals surface area (Å²) in [7, 11) is -3.37. The Hall–Kier alpha value is -1.33. The number of hydrogen-bond acceptors (Lipinski definition) is 2. The maximum Gasteiger partial charge on any atom is 0.233 e. The third-order valence-electron chi connectivity index (χ3n) is 3.19. The van der Waals surface area contributed by atoms with Gasteiger partial charge in [-0.2, -0.15) is 0 Å². The van der Waals surface area contributed by atoms with Gasteiger partial charge in [-0.1, -0.05) is 36.4 Å². The molecule has 0 aliphatic heterocycles. The Balaban J connectivity index is 2.11. The fourth-order valence-electron chi connectivity index (χ4n) is 2.15. The van der Waals surface area contributed by atoms with Crippen LogP contribution in [0.5, 0.6) is 0 Å². The van der Waals surface area contributed by atoms with Crippen molar-refractivity contribution in [2.24, 2.45) is 0 Å². The quantitative estimate of drug-likeness (QED) is 0.866. The SMILES string of the molecule is Cc1cc(C)c(NS(=O)(=O)CCc2ccccc2)c(Br)c1. The molecular weight excluding hydrogens is 350 g/mol. The molecule has 0 saturated carbocycles. The third-order valence-corrected chi connectivity index (χ3v) is 5.07. The lowest BCUT2D eigenvalue weighted by Gasteiger charge is -2.13. The molecule has 3 nitrogen and oxygen atoms in total. The summed E-state index contributed by atoms with van der Waals surface area (Å²) in [6.07, 6.45) is 0.499. The van der Waals surface area contributed by atoms with Gasteiger partial charge in [-0.25, -0.2) is 8.42 Å². The Bertz CT molecular complexity index is 704. The maximum atomic E-state index is 12.2. The van der Waals surface area contributed by atoms with Gasteiger partial charge < -0.3 is 0 Å². The molecule has 112 valence electrons. The van der Waals surface area contributed by atoms with Gasteiger partial charge in [0.2, 0.25) is 10.0 Å². The number of sulfonamides is 1. The summed E-state index contributed by atoms with van der Waals surface area (Å²) < 4.78 is 27.9. The molecule has 0 unspecified atom stereocenters. The molecule has 0 spiro atoms. The van der Waals surface area contributed by atoms with Gasteiger partial charge in [0.05, 0.1) is 11.4 Å². The van der Waals surface area contributed by atoms with Crippen molar-refractivity contribution >= 4 is 31.6 Å². The Morgan fingerprint density at radius 1 is 1.10 bits per heavy atom. The fraction of sp³-hybridized carbons (Fsp3) is 0.250. The van der Waals surface area contributed by atoms with Gasteiger partial charge in [-0.15, -0.1) is 0 Å². The Labute approximate surface area is 134 Å². The van der Waals surface area contributed by atoms with E-state index in [1.807, 2.05) is 56.3 Å². The molecular formula is C16H18BrNO2S. The molecule has 1 N–H and O–H groups in total. The van der Waals surface area contributed by atoms with E-state index in [2.05, 4.69) is 20.7 Å². The second-order valence-electron chi connectivity index (χ2n) is 5.10. The van der Waals surface area contributed by atoms with Crippen molar-refractivity contribution in [3.8, 4) is 0 Å². The summed E-state index contributed by atoms with van der Waals surface area (Å²) in [4.78, 5) is 0. The van der Waals surface area contributed by atoms with Crippen LogP contribution in [0, 0.1) is 13.8 Å². The van der Waals surface area contributed by atoms with Gasteiger partial charge in [0.1, 0.15) is 0 Å². The van der Waals surface area contributed by atoms with Crippen LogP contribution < -0.4 is 4.72 Å². The van der Waals surface area contributed by atoms with Gasteiger partial charge >= 0.3 is 0 Å². The predicted octanol–water partition coefficient (Wildman–Crippen LogP) is 4.05. The van der Waals surface area contributed by atoms with Crippen LogP contribution in [0.4, 0.5) is 5.69 Å². The van der Waals surface area contributed by atoms with Crippen LogP contribution in [0.25, 0.3) is 0 Å². The van der Waals surface area contributed by atoms with Crippen molar-refractivity contribution < 1.29 is 8.42 Å². The predicted molar refractivity (Wildman–Crippen MR) is 91.2 cm³/mol. The first-order valence-electron chi connectivity index (χ1n) is 6.68.